The van der Waals surface area contributed by atoms with Crippen molar-refractivity contribution >= 4 is 29.3 Å². The molecule has 1 aromatic carbocycles. The predicted molar refractivity (Wildman–Crippen MR) is 78.0 cm³/mol. The second-order valence-electron chi connectivity index (χ2n) is 4.27. The molecule has 1 aliphatic rings. The number of halogens is 2. The van der Waals surface area contributed by atoms with Crippen LogP contribution < -0.4 is 4.74 Å². The number of nitrogens with zero attached hydrogens (tertiary/aromatic N) is 1. The maximum Gasteiger partial charge on any atom is 0.387 e. The van der Waals surface area contributed by atoms with Crippen LogP contribution >= 0.6 is 11.3 Å². The van der Waals surface area contributed by atoms with Crippen molar-refractivity contribution in [2.45, 2.75) is 6.61 Å². The fraction of sp³-hybridized carbons (Fsp3) is 0.0667. The average molecular weight is 321 g/mol. The molecule has 0 bridgehead atoms. The van der Waals surface area contributed by atoms with Gasteiger partial charge < -0.3 is 9.47 Å². The fourth-order valence-electron chi connectivity index (χ4n) is 1.88. The molecule has 0 spiro atoms. The number of aliphatic imine (C=N–C) groups is 1. The van der Waals surface area contributed by atoms with Crippen molar-refractivity contribution in [2.75, 3.05) is 0 Å². The maximum atomic E-state index is 12.4. The zero-order valence-corrected chi connectivity index (χ0v) is 11.8. The van der Waals surface area contributed by atoms with Crippen molar-refractivity contribution in [3.63, 3.8) is 0 Å². The van der Waals surface area contributed by atoms with E-state index in [1.807, 2.05) is 16.8 Å². The number of ether oxygens (including phenoxy) is 2. The van der Waals surface area contributed by atoms with E-state index in [1.165, 1.54) is 23.5 Å². The Morgan fingerprint density at radius 1 is 1.27 bits per heavy atom. The number of carbonyl (C=O) groups is 1. The molecule has 0 unspecified atom stereocenters. The van der Waals surface area contributed by atoms with E-state index in [1.54, 1.807) is 18.2 Å². The summed E-state index contributed by atoms with van der Waals surface area (Å²) in [6, 6.07) is 7.84. The highest BCUT2D eigenvalue weighted by atomic mass is 32.1. The highest BCUT2D eigenvalue weighted by Crippen LogP contribution is 2.26. The first-order valence-corrected chi connectivity index (χ1v) is 7.17. The molecule has 1 aromatic heterocycles. The number of esters is 1. The van der Waals surface area contributed by atoms with E-state index < -0.39 is 12.6 Å². The molecule has 0 radical (unpaired) electrons. The zero-order chi connectivity index (χ0) is 15.5. The average Bonchev–Trinajstić information content (AvgIpc) is 3.10. The smallest absolute Gasteiger partial charge is 0.387 e. The molecule has 7 heteroatoms. The van der Waals surface area contributed by atoms with Gasteiger partial charge in [-0.05, 0) is 40.6 Å². The minimum Gasteiger partial charge on any atom is -0.434 e. The van der Waals surface area contributed by atoms with E-state index in [2.05, 4.69) is 9.73 Å². The highest BCUT2D eigenvalue weighted by Gasteiger charge is 2.26. The van der Waals surface area contributed by atoms with Gasteiger partial charge in [0.05, 0.1) is 5.56 Å². The summed E-state index contributed by atoms with van der Waals surface area (Å²) < 4.78 is 34.3. The molecule has 0 N–H and O–H groups in total. The molecule has 22 heavy (non-hydrogen) atoms. The van der Waals surface area contributed by atoms with Crippen molar-refractivity contribution in [3.05, 3.63) is 57.9 Å². The van der Waals surface area contributed by atoms with Gasteiger partial charge in [-0.25, -0.2) is 9.79 Å². The molecule has 1 aliphatic heterocycles. The quantitative estimate of drug-likeness (QED) is 0.637. The van der Waals surface area contributed by atoms with Crippen LogP contribution in [0, 0.1) is 0 Å². The topological polar surface area (TPSA) is 47.9 Å². The van der Waals surface area contributed by atoms with E-state index in [4.69, 9.17) is 4.74 Å². The van der Waals surface area contributed by atoms with Crippen LogP contribution in [-0.2, 0) is 9.53 Å². The van der Waals surface area contributed by atoms with E-state index in [0.29, 0.717) is 0 Å². The molecular weight excluding hydrogens is 312 g/mol. The number of hydrogen-bond acceptors (Lipinski definition) is 5. The lowest BCUT2D eigenvalue weighted by Gasteiger charge is -2.08. The van der Waals surface area contributed by atoms with Gasteiger partial charge in [-0.2, -0.15) is 20.1 Å². The molecule has 0 atom stereocenters. The van der Waals surface area contributed by atoms with Crippen molar-refractivity contribution in [2.24, 2.45) is 4.99 Å². The first-order chi connectivity index (χ1) is 10.6. The van der Waals surface area contributed by atoms with Crippen LogP contribution in [0.3, 0.4) is 0 Å². The third-order valence-corrected chi connectivity index (χ3v) is 3.50. The number of thiophene rings is 1. The number of alkyl halides is 2. The van der Waals surface area contributed by atoms with Crippen LogP contribution in [0.4, 0.5) is 8.78 Å². The highest BCUT2D eigenvalue weighted by molar-refractivity contribution is 7.08. The standard InChI is InChI=1S/C15H9F2NO3S/c16-15(17)20-12-4-2-1-3-10(12)13-18-11(14(19)21-13)7-9-5-6-22-8-9/h1-8,15H/b11-7+. The van der Waals surface area contributed by atoms with Gasteiger partial charge in [0, 0.05) is 0 Å². The SMILES string of the molecule is O=C1OC(c2ccccc2OC(F)F)=N/C1=C/c1ccsc1. The summed E-state index contributed by atoms with van der Waals surface area (Å²) in [5.41, 5.74) is 1.13. The van der Waals surface area contributed by atoms with Crippen molar-refractivity contribution in [1.82, 2.24) is 0 Å². The Morgan fingerprint density at radius 3 is 2.82 bits per heavy atom. The van der Waals surface area contributed by atoms with Gasteiger partial charge in [0.1, 0.15) is 5.75 Å². The molecular formula is C15H9F2NO3S. The lowest BCUT2D eigenvalue weighted by atomic mass is 10.2. The van der Waals surface area contributed by atoms with Crippen LogP contribution in [0.1, 0.15) is 11.1 Å². The van der Waals surface area contributed by atoms with Crippen molar-refractivity contribution < 1.29 is 23.0 Å². The number of benzene rings is 1. The molecule has 0 amide bonds. The minimum absolute atomic E-state index is 0.0530. The predicted octanol–water partition coefficient (Wildman–Crippen LogP) is 3.69. The molecule has 2 aromatic rings. The van der Waals surface area contributed by atoms with Crippen LogP contribution in [0.25, 0.3) is 6.08 Å². The number of cyclic esters (lactones) is 1. The molecule has 0 saturated heterocycles. The van der Waals surface area contributed by atoms with Crippen molar-refractivity contribution in [1.29, 1.82) is 0 Å². The largest absolute Gasteiger partial charge is 0.434 e. The van der Waals surface area contributed by atoms with Crippen LogP contribution in [0.2, 0.25) is 0 Å². The van der Waals surface area contributed by atoms with Crippen LogP contribution in [0.5, 0.6) is 5.75 Å². The summed E-state index contributed by atoms with van der Waals surface area (Å²) in [6.45, 7) is -2.97. The second kappa shape index (κ2) is 6.07. The Bertz CT molecular complexity index is 754. The summed E-state index contributed by atoms with van der Waals surface area (Å²) >= 11 is 1.48. The Hall–Kier alpha value is -2.54. The van der Waals surface area contributed by atoms with Gasteiger partial charge in [-0.3, -0.25) is 0 Å². The molecule has 0 fully saturated rings. The number of carbonyl (C=O) groups excluding carboxylic acids is 1. The number of para-hydroxylation sites is 1. The second-order valence-corrected chi connectivity index (χ2v) is 5.05. The Morgan fingerprint density at radius 2 is 2.09 bits per heavy atom. The fourth-order valence-corrected chi connectivity index (χ4v) is 2.50. The summed E-state index contributed by atoms with van der Waals surface area (Å²) in [4.78, 5) is 15.9. The maximum absolute atomic E-state index is 12.4. The van der Waals surface area contributed by atoms with Gasteiger partial charge in [0.15, 0.2) is 5.70 Å². The summed E-state index contributed by atoms with van der Waals surface area (Å²) in [6.07, 6.45) is 1.57. The summed E-state index contributed by atoms with van der Waals surface area (Å²) in [5.74, 6) is -0.781. The van der Waals surface area contributed by atoms with Crippen LogP contribution in [0.15, 0.2) is 51.8 Å². The molecule has 112 valence electrons. The van der Waals surface area contributed by atoms with Gasteiger partial charge in [0.2, 0.25) is 5.90 Å². The number of hydrogen-bond donors (Lipinski definition) is 0. The summed E-state index contributed by atoms with van der Waals surface area (Å²) in [5, 5.41) is 3.71. The van der Waals surface area contributed by atoms with E-state index in [0.717, 1.165) is 5.56 Å². The Kier molecular flexibility index (Phi) is 3.97. The monoisotopic (exact) mass is 321 g/mol. The number of rotatable bonds is 4. The minimum atomic E-state index is -2.97. The third kappa shape index (κ3) is 3.04. The van der Waals surface area contributed by atoms with Gasteiger partial charge >= 0.3 is 12.6 Å². The normalized spacial score (nSPS) is 16.0. The van der Waals surface area contributed by atoms with Gasteiger partial charge in [0.25, 0.3) is 0 Å². The third-order valence-electron chi connectivity index (χ3n) is 2.80. The van der Waals surface area contributed by atoms with E-state index >= 15 is 0 Å². The molecule has 3 rings (SSSR count). The Labute approximate surface area is 128 Å². The van der Waals surface area contributed by atoms with E-state index in [-0.39, 0.29) is 22.9 Å². The first kappa shape index (κ1) is 14.4. The zero-order valence-electron chi connectivity index (χ0n) is 11.0. The molecule has 2 heterocycles. The van der Waals surface area contributed by atoms with Gasteiger partial charge in [-0.1, -0.05) is 12.1 Å². The van der Waals surface area contributed by atoms with E-state index in [9.17, 15) is 13.6 Å². The van der Waals surface area contributed by atoms with Gasteiger partial charge in [-0.15, -0.1) is 0 Å². The van der Waals surface area contributed by atoms with Crippen molar-refractivity contribution in [3.8, 4) is 5.75 Å². The van der Waals surface area contributed by atoms with Crippen LogP contribution in [-0.4, -0.2) is 18.5 Å². The molecule has 0 aliphatic carbocycles. The molecule has 0 saturated carbocycles. The lowest BCUT2D eigenvalue weighted by molar-refractivity contribution is -0.129. The Balaban J connectivity index is 1.95. The first-order valence-electron chi connectivity index (χ1n) is 6.22. The lowest BCUT2D eigenvalue weighted by Crippen LogP contribution is -2.10. The molecule has 4 nitrogen and oxygen atoms in total. The summed E-state index contributed by atoms with van der Waals surface area (Å²) in [7, 11) is 0.